The van der Waals surface area contributed by atoms with Gasteiger partial charge in [-0.25, -0.2) is 9.69 Å². The second-order valence-electron chi connectivity index (χ2n) is 7.41. The molecule has 1 unspecified atom stereocenters. The Morgan fingerprint density at radius 1 is 1.04 bits per heavy atom. The van der Waals surface area contributed by atoms with Gasteiger partial charge in [0, 0.05) is 39.1 Å². The van der Waals surface area contributed by atoms with Crippen molar-refractivity contribution >= 4 is 11.9 Å². The maximum atomic E-state index is 12.6. The molecule has 136 valence electrons. The van der Waals surface area contributed by atoms with Crippen LogP contribution in [0.15, 0.2) is 30.3 Å². The van der Waals surface area contributed by atoms with Crippen LogP contribution in [0, 0.1) is 5.92 Å². The van der Waals surface area contributed by atoms with E-state index in [1.54, 1.807) is 0 Å². The Hall–Kier alpha value is -1.92. The monoisotopic (exact) mass is 344 g/mol. The van der Waals surface area contributed by atoms with E-state index < -0.39 is 6.04 Å². The maximum Gasteiger partial charge on any atom is 0.325 e. The molecule has 2 heterocycles. The number of piperazine rings is 1. The molecule has 0 aromatic heterocycles. The van der Waals surface area contributed by atoms with Crippen LogP contribution in [0.25, 0.3) is 0 Å². The lowest BCUT2D eigenvalue weighted by molar-refractivity contribution is -0.129. The number of nitrogens with zero attached hydrogens (tertiary/aromatic N) is 3. The van der Waals surface area contributed by atoms with Crippen LogP contribution in [0.2, 0.25) is 0 Å². The average Bonchev–Trinajstić information content (AvgIpc) is 2.84. The number of urea groups is 1. The molecular weight excluding hydrogens is 316 g/mol. The Morgan fingerprint density at radius 2 is 1.68 bits per heavy atom. The van der Waals surface area contributed by atoms with Gasteiger partial charge in [0.1, 0.15) is 6.04 Å². The first kappa shape index (κ1) is 17.9. The van der Waals surface area contributed by atoms with Gasteiger partial charge in [-0.3, -0.25) is 9.69 Å². The number of amides is 3. The zero-order chi connectivity index (χ0) is 17.8. The molecule has 0 spiro atoms. The summed E-state index contributed by atoms with van der Waals surface area (Å²) in [6.07, 6.45) is 0.546. The summed E-state index contributed by atoms with van der Waals surface area (Å²) < 4.78 is 0. The number of rotatable bonds is 6. The average molecular weight is 344 g/mol. The van der Waals surface area contributed by atoms with Crippen LogP contribution in [-0.2, 0) is 11.2 Å². The standard InChI is InChI=1S/C19H28N4O2/c1-15(2)13-21-8-10-22(11-9-21)14-23-18(24)17(20-19(23)25)12-16-6-4-3-5-7-16/h3-7,15,17H,8-14H2,1-2H3,(H,20,25). The number of imide groups is 1. The van der Waals surface area contributed by atoms with Gasteiger partial charge < -0.3 is 10.2 Å². The van der Waals surface area contributed by atoms with Gasteiger partial charge in [-0.2, -0.15) is 0 Å². The van der Waals surface area contributed by atoms with Gasteiger partial charge in [0.2, 0.25) is 0 Å². The molecule has 2 saturated heterocycles. The Bertz CT molecular complexity index is 597. The fraction of sp³-hybridized carbons (Fsp3) is 0.579. The molecule has 0 aliphatic carbocycles. The van der Waals surface area contributed by atoms with Crippen molar-refractivity contribution in [1.29, 1.82) is 0 Å². The van der Waals surface area contributed by atoms with Gasteiger partial charge in [0.15, 0.2) is 0 Å². The van der Waals surface area contributed by atoms with E-state index in [1.165, 1.54) is 4.90 Å². The third-order valence-electron chi connectivity index (χ3n) is 4.82. The summed E-state index contributed by atoms with van der Waals surface area (Å²) in [5.41, 5.74) is 1.06. The highest BCUT2D eigenvalue weighted by Crippen LogP contribution is 2.14. The molecule has 2 aliphatic heterocycles. The van der Waals surface area contributed by atoms with Gasteiger partial charge in [-0.1, -0.05) is 44.2 Å². The summed E-state index contributed by atoms with van der Waals surface area (Å²) >= 11 is 0. The lowest BCUT2D eigenvalue weighted by Gasteiger charge is -2.36. The number of benzene rings is 1. The minimum Gasteiger partial charge on any atom is -0.325 e. The molecule has 6 heteroatoms. The van der Waals surface area contributed by atoms with E-state index in [9.17, 15) is 9.59 Å². The Kier molecular flexibility index (Phi) is 5.71. The van der Waals surface area contributed by atoms with Gasteiger partial charge in [-0.05, 0) is 11.5 Å². The van der Waals surface area contributed by atoms with Crippen molar-refractivity contribution in [2.45, 2.75) is 26.3 Å². The van der Waals surface area contributed by atoms with Crippen molar-refractivity contribution in [3.63, 3.8) is 0 Å². The molecule has 2 aliphatic rings. The fourth-order valence-electron chi connectivity index (χ4n) is 3.53. The lowest BCUT2D eigenvalue weighted by atomic mass is 10.1. The molecule has 3 rings (SSSR count). The fourth-order valence-corrected chi connectivity index (χ4v) is 3.53. The SMILES string of the molecule is CC(C)CN1CCN(CN2C(=O)NC(Cc3ccccc3)C2=O)CC1. The molecular formula is C19H28N4O2. The molecule has 1 aromatic rings. The molecule has 0 radical (unpaired) electrons. The third-order valence-corrected chi connectivity index (χ3v) is 4.82. The molecule has 1 aromatic carbocycles. The topological polar surface area (TPSA) is 55.9 Å². The van der Waals surface area contributed by atoms with E-state index in [2.05, 4.69) is 29.0 Å². The van der Waals surface area contributed by atoms with Gasteiger partial charge in [0.05, 0.1) is 6.67 Å². The summed E-state index contributed by atoms with van der Waals surface area (Å²) in [4.78, 5) is 30.8. The van der Waals surface area contributed by atoms with Crippen LogP contribution in [0.3, 0.4) is 0 Å². The van der Waals surface area contributed by atoms with Crippen LogP contribution in [0.4, 0.5) is 4.79 Å². The number of hydrogen-bond acceptors (Lipinski definition) is 4. The normalized spacial score (nSPS) is 22.7. The van der Waals surface area contributed by atoms with Gasteiger partial charge >= 0.3 is 6.03 Å². The van der Waals surface area contributed by atoms with E-state index >= 15 is 0 Å². The largest absolute Gasteiger partial charge is 0.325 e. The number of carbonyl (C=O) groups is 2. The first-order chi connectivity index (χ1) is 12.0. The molecule has 1 atom stereocenters. The molecule has 0 bridgehead atoms. The van der Waals surface area contributed by atoms with Crippen molar-refractivity contribution in [3.05, 3.63) is 35.9 Å². The number of nitrogens with one attached hydrogen (secondary N) is 1. The second-order valence-corrected chi connectivity index (χ2v) is 7.41. The highest BCUT2D eigenvalue weighted by Gasteiger charge is 2.38. The highest BCUT2D eigenvalue weighted by atomic mass is 16.2. The Balaban J connectivity index is 1.51. The molecule has 6 nitrogen and oxygen atoms in total. The van der Waals surface area contributed by atoms with Gasteiger partial charge in [-0.15, -0.1) is 0 Å². The summed E-state index contributed by atoms with van der Waals surface area (Å²) in [5, 5.41) is 2.83. The van der Waals surface area contributed by atoms with Crippen LogP contribution >= 0.6 is 0 Å². The van der Waals surface area contributed by atoms with E-state index in [-0.39, 0.29) is 11.9 Å². The summed E-state index contributed by atoms with van der Waals surface area (Å²) in [5.74, 6) is 0.551. The highest BCUT2D eigenvalue weighted by molar-refractivity contribution is 6.04. The smallest absolute Gasteiger partial charge is 0.325 e. The van der Waals surface area contributed by atoms with Crippen molar-refractivity contribution in [2.75, 3.05) is 39.4 Å². The number of carbonyl (C=O) groups excluding carboxylic acids is 2. The van der Waals surface area contributed by atoms with E-state index in [0.29, 0.717) is 19.0 Å². The van der Waals surface area contributed by atoms with Crippen LogP contribution in [-0.4, -0.2) is 72.1 Å². The van der Waals surface area contributed by atoms with Crippen LogP contribution in [0.1, 0.15) is 19.4 Å². The summed E-state index contributed by atoms with van der Waals surface area (Å²) in [7, 11) is 0. The van der Waals surface area contributed by atoms with Crippen LogP contribution < -0.4 is 5.32 Å². The minimum atomic E-state index is -0.447. The Labute approximate surface area is 149 Å². The molecule has 2 fully saturated rings. The first-order valence-electron chi connectivity index (χ1n) is 9.13. The van der Waals surface area contributed by atoms with Crippen molar-refractivity contribution in [3.8, 4) is 0 Å². The summed E-state index contributed by atoms with van der Waals surface area (Å²) in [6, 6.07) is 9.10. The first-order valence-corrected chi connectivity index (χ1v) is 9.13. The quantitative estimate of drug-likeness (QED) is 0.792. The second kappa shape index (κ2) is 7.97. The Morgan fingerprint density at radius 3 is 2.32 bits per heavy atom. The molecule has 0 saturated carbocycles. The zero-order valence-corrected chi connectivity index (χ0v) is 15.1. The van der Waals surface area contributed by atoms with E-state index in [1.807, 2.05) is 30.3 Å². The van der Waals surface area contributed by atoms with Gasteiger partial charge in [0.25, 0.3) is 5.91 Å². The maximum absolute atomic E-state index is 12.6. The molecule has 25 heavy (non-hydrogen) atoms. The van der Waals surface area contributed by atoms with Crippen molar-refractivity contribution in [1.82, 2.24) is 20.0 Å². The summed E-state index contributed by atoms with van der Waals surface area (Å²) in [6.45, 7) is 9.74. The lowest BCUT2D eigenvalue weighted by Crippen LogP contribution is -2.51. The van der Waals surface area contributed by atoms with E-state index in [4.69, 9.17) is 0 Å². The zero-order valence-electron chi connectivity index (χ0n) is 15.1. The molecule has 3 amide bonds. The predicted octanol–water partition coefficient (Wildman–Crippen LogP) is 1.38. The molecule has 1 N–H and O–H groups in total. The predicted molar refractivity (Wildman–Crippen MR) is 97.0 cm³/mol. The third kappa shape index (κ3) is 4.58. The van der Waals surface area contributed by atoms with Crippen LogP contribution in [0.5, 0.6) is 0 Å². The minimum absolute atomic E-state index is 0.113. The van der Waals surface area contributed by atoms with E-state index in [0.717, 1.165) is 38.3 Å². The van der Waals surface area contributed by atoms with Crippen molar-refractivity contribution in [2.24, 2.45) is 5.92 Å². The number of hydrogen-bond donors (Lipinski definition) is 1. The van der Waals surface area contributed by atoms with Crippen molar-refractivity contribution < 1.29 is 9.59 Å².